The Labute approximate surface area is 147 Å². The molecule has 1 amide bonds. The van der Waals surface area contributed by atoms with E-state index < -0.39 is 0 Å². The minimum absolute atomic E-state index is 0.0215. The number of ether oxygens (including phenoxy) is 1. The Kier molecular flexibility index (Phi) is 4.54. The van der Waals surface area contributed by atoms with Gasteiger partial charge >= 0.3 is 5.97 Å². The van der Waals surface area contributed by atoms with Crippen LogP contribution in [0.25, 0.3) is 10.9 Å². The number of nitrogens with one attached hydrogen (secondary N) is 1. The maximum Gasteiger partial charge on any atom is 0.306 e. The molecule has 134 valence electrons. The Hall–Kier alpha value is -2.37. The van der Waals surface area contributed by atoms with Crippen molar-refractivity contribution in [1.29, 1.82) is 0 Å². The summed E-state index contributed by atoms with van der Waals surface area (Å²) in [5, 5.41) is 8.17. The van der Waals surface area contributed by atoms with Crippen LogP contribution in [0.3, 0.4) is 0 Å². The number of benzene rings is 1. The van der Waals surface area contributed by atoms with Crippen molar-refractivity contribution in [2.45, 2.75) is 40.2 Å². The zero-order valence-corrected chi connectivity index (χ0v) is 15.3. The first-order valence-corrected chi connectivity index (χ1v) is 8.58. The van der Waals surface area contributed by atoms with Gasteiger partial charge in [-0.05, 0) is 29.0 Å². The highest BCUT2D eigenvalue weighted by atomic mass is 16.5. The third-order valence-electron chi connectivity index (χ3n) is 4.61. The molecule has 0 aliphatic carbocycles. The monoisotopic (exact) mass is 343 g/mol. The van der Waals surface area contributed by atoms with Gasteiger partial charge in [-0.15, -0.1) is 0 Å². The molecule has 3 rings (SSSR count). The summed E-state index contributed by atoms with van der Waals surface area (Å²) in [6.45, 7) is 7.51. The van der Waals surface area contributed by atoms with Gasteiger partial charge in [-0.3, -0.25) is 14.7 Å². The van der Waals surface area contributed by atoms with E-state index in [1.165, 1.54) is 7.11 Å². The van der Waals surface area contributed by atoms with Crippen LogP contribution < -0.4 is 0 Å². The standard InChI is InChI=1S/C19H25N3O3/c1-19(2,3)11-22-10-15-12(5-6-16-14(15)9-20-21-16)7-13(18(22)24)8-17(23)25-4/h5-6,9,13H,7-8,10-11H2,1-4H3,(H,20,21). The minimum Gasteiger partial charge on any atom is -0.469 e. The normalized spacial score (nSPS) is 18.2. The van der Waals surface area contributed by atoms with E-state index in [1.54, 1.807) is 0 Å². The van der Waals surface area contributed by atoms with Crippen LogP contribution >= 0.6 is 0 Å². The van der Waals surface area contributed by atoms with Gasteiger partial charge in [-0.25, -0.2) is 0 Å². The maximum atomic E-state index is 13.1. The first-order valence-electron chi connectivity index (χ1n) is 8.58. The Morgan fingerprint density at radius 2 is 2.16 bits per heavy atom. The molecule has 0 saturated heterocycles. The van der Waals surface area contributed by atoms with E-state index in [0.29, 0.717) is 19.5 Å². The highest BCUT2D eigenvalue weighted by Crippen LogP contribution is 2.31. The van der Waals surface area contributed by atoms with E-state index in [-0.39, 0.29) is 29.6 Å². The van der Waals surface area contributed by atoms with Crippen molar-refractivity contribution in [3.63, 3.8) is 0 Å². The molecule has 1 atom stereocenters. The minimum atomic E-state index is -0.389. The number of aromatic nitrogens is 2. The predicted molar refractivity (Wildman–Crippen MR) is 94.8 cm³/mol. The van der Waals surface area contributed by atoms with Crippen LogP contribution in [0.15, 0.2) is 18.3 Å². The molecule has 1 aromatic carbocycles. The number of H-pyrrole nitrogens is 1. The van der Waals surface area contributed by atoms with Crippen LogP contribution in [0, 0.1) is 11.3 Å². The van der Waals surface area contributed by atoms with E-state index in [2.05, 4.69) is 31.0 Å². The molecule has 0 spiro atoms. The van der Waals surface area contributed by atoms with Crippen molar-refractivity contribution >= 4 is 22.8 Å². The molecule has 1 N–H and O–H groups in total. The molecular formula is C19H25N3O3. The van der Waals surface area contributed by atoms with E-state index in [0.717, 1.165) is 22.0 Å². The summed E-state index contributed by atoms with van der Waals surface area (Å²) in [5.74, 6) is -0.713. The Morgan fingerprint density at radius 3 is 2.84 bits per heavy atom. The van der Waals surface area contributed by atoms with Gasteiger partial charge in [0, 0.05) is 18.5 Å². The van der Waals surface area contributed by atoms with E-state index in [4.69, 9.17) is 4.74 Å². The van der Waals surface area contributed by atoms with Gasteiger partial charge in [0.25, 0.3) is 0 Å². The van der Waals surface area contributed by atoms with Crippen LogP contribution in [0.2, 0.25) is 0 Å². The molecule has 1 aliphatic rings. The fourth-order valence-electron chi connectivity index (χ4n) is 3.53. The zero-order chi connectivity index (χ0) is 18.2. The van der Waals surface area contributed by atoms with Crippen LogP contribution in [-0.4, -0.2) is 40.6 Å². The topological polar surface area (TPSA) is 75.3 Å². The number of aromatic amines is 1. The summed E-state index contributed by atoms with van der Waals surface area (Å²) >= 11 is 0. The lowest BCUT2D eigenvalue weighted by atomic mass is 9.92. The SMILES string of the molecule is COC(=O)CC1Cc2ccc3[nH]ncc3c2CN(CC(C)(C)C)C1=O. The highest BCUT2D eigenvalue weighted by Gasteiger charge is 2.34. The van der Waals surface area contributed by atoms with Crippen molar-refractivity contribution in [2.24, 2.45) is 11.3 Å². The third-order valence-corrected chi connectivity index (χ3v) is 4.61. The van der Waals surface area contributed by atoms with Gasteiger partial charge in [-0.2, -0.15) is 5.10 Å². The second-order valence-electron chi connectivity index (χ2n) is 7.97. The van der Waals surface area contributed by atoms with Gasteiger partial charge in [0.1, 0.15) is 0 Å². The first kappa shape index (κ1) is 17.5. The fraction of sp³-hybridized carbons (Fsp3) is 0.526. The van der Waals surface area contributed by atoms with Crippen LogP contribution in [0.1, 0.15) is 38.3 Å². The van der Waals surface area contributed by atoms with Gasteiger partial charge in [0.15, 0.2) is 0 Å². The van der Waals surface area contributed by atoms with Crippen LogP contribution in [0.5, 0.6) is 0 Å². The van der Waals surface area contributed by atoms with Crippen molar-refractivity contribution in [2.75, 3.05) is 13.7 Å². The quantitative estimate of drug-likeness (QED) is 0.870. The molecule has 0 radical (unpaired) electrons. The average molecular weight is 343 g/mol. The summed E-state index contributed by atoms with van der Waals surface area (Å²) in [7, 11) is 1.36. The van der Waals surface area contributed by atoms with Crippen molar-refractivity contribution in [1.82, 2.24) is 15.1 Å². The van der Waals surface area contributed by atoms with Gasteiger partial charge in [0.2, 0.25) is 5.91 Å². The lowest BCUT2D eigenvalue weighted by Crippen LogP contribution is -2.40. The number of carbonyl (C=O) groups is 2. The lowest BCUT2D eigenvalue weighted by Gasteiger charge is -2.31. The second kappa shape index (κ2) is 6.50. The molecule has 1 aromatic heterocycles. The highest BCUT2D eigenvalue weighted by molar-refractivity contribution is 5.88. The number of hydrogen-bond acceptors (Lipinski definition) is 4. The largest absolute Gasteiger partial charge is 0.469 e. The van der Waals surface area contributed by atoms with Crippen molar-refractivity contribution in [3.8, 4) is 0 Å². The average Bonchev–Trinajstić information content (AvgIpc) is 2.97. The molecule has 2 aromatic rings. The Bertz CT molecular complexity index is 804. The molecule has 1 unspecified atom stereocenters. The number of methoxy groups -OCH3 is 1. The molecule has 6 nitrogen and oxygen atoms in total. The first-order chi connectivity index (χ1) is 11.8. The maximum absolute atomic E-state index is 13.1. The lowest BCUT2D eigenvalue weighted by molar-refractivity contribution is -0.147. The molecular weight excluding hydrogens is 318 g/mol. The number of fused-ring (bicyclic) bond motifs is 3. The molecule has 1 aliphatic heterocycles. The van der Waals surface area contributed by atoms with Crippen LogP contribution in [0.4, 0.5) is 0 Å². The zero-order valence-electron chi connectivity index (χ0n) is 15.3. The number of hydrogen-bond donors (Lipinski definition) is 1. The van der Waals surface area contributed by atoms with E-state index in [1.807, 2.05) is 23.2 Å². The summed E-state index contributed by atoms with van der Waals surface area (Å²) in [6, 6.07) is 4.02. The number of rotatable bonds is 3. The van der Waals surface area contributed by atoms with E-state index >= 15 is 0 Å². The number of amides is 1. The summed E-state index contributed by atoms with van der Waals surface area (Å²) < 4.78 is 4.80. The van der Waals surface area contributed by atoms with Crippen molar-refractivity contribution < 1.29 is 14.3 Å². The molecule has 0 fully saturated rings. The molecule has 0 bridgehead atoms. The smallest absolute Gasteiger partial charge is 0.306 e. The van der Waals surface area contributed by atoms with Gasteiger partial charge in [0.05, 0.1) is 31.2 Å². The molecule has 0 saturated carbocycles. The number of nitrogens with zero attached hydrogens (tertiary/aromatic N) is 2. The van der Waals surface area contributed by atoms with Crippen molar-refractivity contribution in [3.05, 3.63) is 29.5 Å². The number of esters is 1. The summed E-state index contributed by atoms with van der Waals surface area (Å²) in [6.07, 6.45) is 2.47. The molecule has 6 heteroatoms. The van der Waals surface area contributed by atoms with Crippen LogP contribution in [-0.2, 0) is 27.3 Å². The molecule has 2 heterocycles. The predicted octanol–water partition coefficient (Wildman–Crippen LogP) is 2.67. The summed E-state index contributed by atoms with van der Waals surface area (Å²) in [5.41, 5.74) is 3.16. The number of carbonyl (C=O) groups excluding carboxylic acids is 2. The second-order valence-corrected chi connectivity index (χ2v) is 7.97. The fourth-order valence-corrected chi connectivity index (χ4v) is 3.53. The van der Waals surface area contributed by atoms with Gasteiger partial charge in [-0.1, -0.05) is 26.8 Å². The third kappa shape index (κ3) is 3.67. The van der Waals surface area contributed by atoms with E-state index in [9.17, 15) is 9.59 Å². The van der Waals surface area contributed by atoms with Gasteiger partial charge < -0.3 is 9.64 Å². The molecule has 25 heavy (non-hydrogen) atoms. The Morgan fingerprint density at radius 1 is 1.40 bits per heavy atom. The Balaban J connectivity index is 2.03. The summed E-state index contributed by atoms with van der Waals surface area (Å²) in [4.78, 5) is 26.8.